The molecule has 2 aliphatic rings. The Morgan fingerprint density at radius 3 is 2.50 bits per heavy atom. The van der Waals surface area contributed by atoms with Crippen LogP contribution in [0.25, 0.3) is 0 Å². The van der Waals surface area contributed by atoms with Gasteiger partial charge in [-0.05, 0) is 44.1 Å². The largest absolute Gasteiger partial charge is 0.480 e. The molecule has 10 nitrogen and oxygen atoms in total. The Labute approximate surface area is 215 Å². The normalized spacial score (nSPS) is 21.2. The molecular weight excluding hydrogens is 462 g/mol. The fourth-order valence-electron chi connectivity index (χ4n) is 5.02. The molecule has 2 saturated heterocycles. The first-order chi connectivity index (χ1) is 16.8. The fourth-order valence-corrected chi connectivity index (χ4v) is 5.02. The predicted molar refractivity (Wildman–Crippen MR) is 138 cm³/mol. The summed E-state index contributed by atoms with van der Waals surface area (Å²) in [5, 5.41) is 15.3. The van der Waals surface area contributed by atoms with E-state index in [9.17, 15) is 24.3 Å². The maximum atomic E-state index is 13.0. The number of likely N-dealkylation sites (tertiary alicyclic amines) is 2. The summed E-state index contributed by atoms with van der Waals surface area (Å²) in [6.45, 7) is 13.6. The van der Waals surface area contributed by atoms with E-state index in [-0.39, 0.29) is 41.8 Å². The minimum absolute atomic E-state index is 0.112. The zero-order valence-electron chi connectivity index (χ0n) is 22.6. The van der Waals surface area contributed by atoms with E-state index in [1.807, 2.05) is 32.6 Å². The molecule has 4 atom stereocenters. The summed E-state index contributed by atoms with van der Waals surface area (Å²) in [7, 11) is 1.76. The number of carboxylic acids is 1. The minimum Gasteiger partial charge on any atom is -0.480 e. The molecule has 2 aliphatic heterocycles. The van der Waals surface area contributed by atoms with E-state index in [4.69, 9.17) is 0 Å². The number of hydrogen-bond donors (Lipinski definition) is 3. The van der Waals surface area contributed by atoms with Gasteiger partial charge < -0.3 is 25.5 Å². The molecule has 0 radical (unpaired) electrons. The molecule has 0 spiro atoms. The second kappa shape index (κ2) is 13.1. The molecule has 3 unspecified atom stereocenters. The zero-order valence-corrected chi connectivity index (χ0v) is 22.6. The molecule has 0 aliphatic carbocycles. The Morgan fingerprint density at radius 2 is 1.92 bits per heavy atom. The molecule has 4 amide bonds. The first-order valence-corrected chi connectivity index (χ1v) is 13.0. The summed E-state index contributed by atoms with van der Waals surface area (Å²) in [5.74, 6) is -1.23. The molecule has 2 heterocycles. The van der Waals surface area contributed by atoms with E-state index in [0.29, 0.717) is 32.6 Å². The van der Waals surface area contributed by atoms with Crippen LogP contribution in [0, 0.1) is 11.3 Å². The van der Waals surface area contributed by atoms with E-state index < -0.39 is 18.0 Å². The number of carboxylic acid groups (broad SMARTS) is 1. The standard InChI is InChI=1S/C26H45N5O5/c1-7-18(2)23(24(34)35)29(6)16-19-11-10-14-31(19)22(33)15-27-25(36)28-20(26(3,4)5)17-30-13-9-8-12-21(30)32/h7,18-20,23H,1,8-17H2,2-6H3,(H,34,35)(H2,27,28,36)/t18?,19-,20?,23?/m0/s1. The van der Waals surface area contributed by atoms with Gasteiger partial charge in [-0.15, -0.1) is 6.58 Å². The number of likely N-dealkylation sites (N-methyl/N-ethyl adjacent to an activating group) is 1. The van der Waals surface area contributed by atoms with Crippen LogP contribution >= 0.6 is 0 Å². The van der Waals surface area contributed by atoms with E-state index >= 15 is 0 Å². The molecule has 0 aromatic carbocycles. The van der Waals surface area contributed by atoms with Gasteiger partial charge in [0.25, 0.3) is 0 Å². The first kappa shape index (κ1) is 29.6. The zero-order chi connectivity index (χ0) is 27.0. The second-order valence-corrected chi connectivity index (χ2v) is 11.2. The summed E-state index contributed by atoms with van der Waals surface area (Å²) >= 11 is 0. The molecule has 2 rings (SSSR count). The number of carbonyl (C=O) groups is 4. The molecule has 0 saturated carbocycles. The Kier molecular flexibility index (Phi) is 10.8. The summed E-state index contributed by atoms with van der Waals surface area (Å²) in [6.07, 6.45) is 5.66. The van der Waals surface area contributed by atoms with Crippen LogP contribution < -0.4 is 10.6 Å². The summed E-state index contributed by atoms with van der Waals surface area (Å²) in [5.41, 5.74) is -0.271. The van der Waals surface area contributed by atoms with Crippen molar-refractivity contribution in [3.8, 4) is 0 Å². The van der Waals surface area contributed by atoms with E-state index in [1.165, 1.54) is 0 Å². The van der Waals surface area contributed by atoms with Gasteiger partial charge >= 0.3 is 12.0 Å². The van der Waals surface area contributed by atoms with Gasteiger partial charge in [0.05, 0.1) is 12.6 Å². The number of urea groups is 1. The average Bonchev–Trinajstić information content (AvgIpc) is 3.25. The number of aliphatic carboxylic acids is 1. The third-order valence-corrected chi connectivity index (χ3v) is 7.37. The molecule has 10 heteroatoms. The molecular formula is C26H45N5O5. The smallest absolute Gasteiger partial charge is 0.321 e. The number of nitrogens with zero attached hydrogens (tertiary/aromatic N) is 3. The van der Waals surface area contributed by atoms with Crippen molar-refractivity contribution in [2.45, 2.75) is 77.9 Å². The van der Waals surface area contributed by atoms with Gasteiger partial charge in [-0.3, -0.25) is 19.3 Å². The third-order valence-electron chi connectivity index (χ3n) is 7.37. The van der Waals surface area contributed by atoms with E-state index in [2.05, 4.69) is 17.2 Å². The van der Waals surface area contributed by atoms with Gasteiger partial charge in [0, 0.05) is 38.6 Å². The molecule has 36 heavy (non-hydrogen) atoms. The van der Waals surface area contributed by atoms with Crippen molar-refractivity contribution in [2.75, 3.05) is 39.8 Å². The van der Waals surface area contributed by atoms with Crippen LogP contribution in [0.2, 0.25) is 0 Å². The summed E-state index contributed by atoms with van der Waals surface area (Å²) < 4.78 is 0. The van der Waals surface area contributed by atoms with Gasteiger partial charge in [0.15, 0.2) is 0 Å². The van der Waals surface area contributed by atoms with Gasteiger partial charge in [-0.1, -0.05) is 33.8 Å². The molecule has 204 valence electrons. The van der Waals surface area contributed by atoms with E-state index in [1.54, 1.807) is 22.9 Å². The molecule has 2 fully saturated rings. The number of piperidine rings is 1. The fraction of sp³-hybridized carbons (Fsp3) is 0.769. The van der Waals surface area contributed by atoms with Crippen molar-refractivity contribution in [2.24, 2.45) is 11.3 Å². The number of amides is 4. The Balaban J connectivity index is 1.92. The van der Waals surface area contributed by atoms with Crippen molar-refractivity contribution in [1.82, 2.24) is 25.3 Å². The topological polar surface area (TPSA) is 122 Å². The lowest BCUT2D eigenvalue weighted by atomic mass is 9.86. The second-order valence-electron chi connectivity index (χ2n) is 11.2. The van der Waals surface area contributed by atoms with Crippen LogP contribution in [0.4, 0.5) is 4.79 Å². The number of rotatable bonds is 11. The highest BCUT2D eigenvalue weighted by Crippen LogP contribution is 2.23. The highest BCUT2D eigenvalue weighted by Gasteiger charge is 2.35. The van der Waals surface area contributed by atoms with Crippen LogP contribution in [0.15, 0.2) is 12.7 Å². The summed E-state index contributed by atoms with van der Waals surface area (Å²) in [6, 6.07) is -1.53. The average molecular weight is 508 g/mol. The number of nitrogens with one attached hydrogen (secondary N) is 2. The van der Waals surface area contributed by atoms with Crippen LogP contribution in [0.1, 0.15) is 59.8 Å². The van der Waals surface area contributed by atoms with Crippen molar-refractivity contribution in [3.63, 3.8) is 0 Å². The Bertz CT molecular complexity index is 811. The lowest BCUT2D eigenvalue weighted by Gasteiger charge is -2.37. The quantitative estimate of drug-likeness (QED) is 0.367. The summed E-state index contributed by atoms with van der Waals surface area (Å²) in [4.78, 5) is 55.0. The highest BCUT2D eigenvalue weighted by molar-refractivity contribution is 5.84. The third kappa shape index (κ3) is 8.21. The van der Waals surface area contributed by atoms with E-state index in [0.717, 1.165) is 25.7 Å². The van der Waals surface area contributed by atoms with Gasteiger partial charge in [0.2, 0.25) is 11.8 Å². The van der Waals surface area contributed by atoms with Crippen LogP contribution in [-0.4, -0.2) is 102 Å². The molecule has 0 aromatic heterocycles. The Morgan fingerprint density at radius 1 is 1.22 bits per heavy atom. The lowest BCUT2D eigenvalue weighted by molar-refractivity contribution is -0.144. The molecule has 3 N–H and O–H groups in total. The van der Waals surface area contributed by atoms with Gasteiger partial charge in [0.1, 0.15) is 6.04 Å². The lowest BCUT2D eigenvalue weighted by Crippen LogP contribution is -2.56. The van der Waals surface area contributed by atoms with Gasteiger partial charge in [-0.25, -0.2) is 4.79 Å². The van der Waals surface area contributed by atoms with Crippen molar-refractivity contribution in [3.05, 3.63) is 12.7 Å². The number of carbonyl (C=O) groups excluding carboxylic acids is 3. The number of hydrogen-bond acceptors (Lipinski definition) is 5. The van der Waals surface area contributed by atoms with Crippen molar-refractivity contribution >= 4 is 23.8 Å². The van der Waals surface area contributed by atoms with Crippen LogP contribution in [0.3, 0.4) is 0 Å². The van der Waals surface area contributed by atoms with Gasteiger partial charge in [-0.2, -0.15) is 0 Å². The first-order valence-electron chi connectivity index (χ1n) is 13.0. The maximum Gasteiger partial charge on any atom is 0.321 e. The minimum atomic E-state index is -0.918. The van der Waals surface area contributed by atoms with Crippen molar-refractivity contribution in [1.29, 1.82) is 0 Å². The van der Waals surface area contributed by atoms with Crippen LogP contribution in [-0.2, 0) is 14.4 Å². The van der Waals surface area contributed by atoms with Crippen LogP contribution in [0.5, 0.6) is 0 Å². The Hall–Kier alpha value is -2.62. The molecule has 0 aromatic rings. The van der Waals surface area contributed by atoms with Crippen molar-refractivity contribution < 1.29 is 24.3 Å². The predicted octanol–water partition coefficient (Wildman–Crippen LogP) is 1.91. The molecule has 0 bridgehead atoms. The highest BCUT2D eigenvalue weighted by atomic mass is 16.4. The monoisotopic (exact) mass is 507 g/mol. The maximum absolute atomic E-state index is 13.0. The SMILES string of the molecule is C=CC(C)C(C(=O)O)N(C)C[C@@H]1CCCN1C(=O)CNC(=O)NC(CN1CCCCC1=O)C(C)(C)C.